The van der Waals surface area contributed by atoms with Crippen molar-refractivity contribution >= 4 is 23.2 Å². The second kappa shape index (κ2) is 7.66. The highest BCUT2D eigenvalue weighted by atomic mass is 35.5. The predicted octanol–water partition coefficient (Wildman–Crippen LogP) is 4.31. The van der Waals surface area contributed by atoms with Gasteiger partial charge < -0.3 is 15.3 Å². The number of aliphatic hydroxyl groups is 1. The first-order valence-corrected chi connectivity index (χ1v) is 9.33. The van der Waals surface area contributed by atoms with Gasteiger partial charge in [0.1, 0.15) is 5.69 Å². The Labute approximate surface area is 174 Å². The third-order valence-corrected chi connectivity index (χ3v) is 5.20. The van der Waals surface area contributed by atoms with Crippen LogP contribution in [0.25, 0.3) is 11.1 Å². The van der Waals surface area contributed by atoms with E-state index in [0.29, 0.717) is 21.8 Å². The number of nitrogens with one attached hydrogen (secondary N) is 2. The Bertz CT molecular complexity index is 1100. The van der Waals surface area contributed by atoms with Gasteiger partial charge in [-0.25, -0.2) is 0 Å². The molecule has 0 bridgehead atoms. The molecule has 6 nitrogen and oxygen atoms in total. The van der Waals surface area contributed by atoms with E-state index in [0.717, 1.165) is 6.20 Å². The van der Waals surface area contributed by atoms with Crippen LogP contribution in [0.1, 0.15) is 27.7 Å². The summed E-state index contributed by atoms with van der Waals surface area (Å²) in [5.74, 6) is -0.349. The van der Waals surface area contributed by atoms with Crippen molar-refractivity contribution in [3.05, 3.63) is 70.5 Å². The third kappa shape index (κ3) is 3.61. The van der Waals surface area contributed by atoms with Crippen molar-refractivity contribution in [3.63, 3.8) is 0 Å². The van der Waals surface area contributed by atoms with Crippen LogP contribution < -0.4 is 5.32 Å². The van der Waals surface area contributed by atoms with Gasteiger partial charge in [0.2, 0.25) is 0 Å². The number of rotatable bonds is 4. The molecular weight excluding hydrogens is 421 g/mol. The number of amides is 1. The van der Waals surface area contributed by atoms with Crippen molar-refractivity contribution in [3.8, 4) is 11.1 Å². The van der Waals surface area contributed by atoms with Gasteiger partial charge in [-0.05, 0) is 35.4 Å². The lowest BCUT2D eigenvalue weighted by atomic mass is 9.99. The normalized spacial score (nSPS) is 15.0. The zero-order valence-corrected chi connectivity index (χ0v) is 16.1. The van der Waals surface area contributed by atoms with Crippen molar-refractivity contribution in [2.75, 3.05) is 18.6 Å². The average molecular weight is 437 g/mol. The number of aromatic nitrogens is 2. The maximum Gasteiger partial charge on any atom is 0.433 e. The standard InChI is InChI=1S/C20H16ClF3N4O2/c21-13-3-1-2-12(6-13)17(9-29)28-10-25-16-7-11(4-5-14(16)19(28)30)15-8-26-27-18(15)20(22,23)24/h1-8,17,25,29H,9-10H2,(H,26,27)/t17-/m1/s1. The molecule has 0 spiro atoms. The highest BCUT2D eigenvalue weighted by Crippen LogP contribution is 2.38. The molecule has 10 heteroatoms. The van der Waals surface area contributed by atoms with Crippen LogP contribution in [0.15, 0.2) is 48.7 Å². The second-order valence-electron chi connectivity index (χ2n) is 6.78. The predicted molar refractivity (Wildman–Crippen MR) is 105 cm³/mol. The molecule has 30 heavy (non-hydrogen) atoms. The molecule has 0 unspecified atom stereocenters. The summed E-state index contributed by atoms with van der Waals surface area (Å²) in [6.45, 7) is -0.240. The largest absolute Gasteiger partial charge is 0.433 e. The number of aliphatic hydroxyl groups excluding tert-OH is 1. The van der Waals surface area contributed by atoms with Crippen LogP contribution in [0.5, 0.6) is 0 Å². The molecule has 0 fully saturated rings. The number of aromatic amines is 1. The fourth-order valence-corrected chi connectivity index (χ4v) is 3.71. The maximum absolute atomic E-state index is 13.2. The molecule has 4 rings (SSSR count). The Morgan fingerprint density at radius 2 is 2.00 bits per heavy atom. The van der Waals surface area contributed by atoms with Crippen LogP contribution in [0, 0.1) is 0 Å². The number of alkyl halides is 3. The number of hydrogen-bond donors (Lipinski definition) is 3. The van der Waals surface area contributed by atoms with E-state index in [4.69, 9.17) is 11.6 Å². The van der Waals surface area contributed by atoms with Crippen molar-refractivity contribution in [2.45, 2.75) is 12.2 Å². The van der Waals surface area contributed by atoms with Gasteiger partial charge in [-0.1, -0.05) is 29.8 Å². The summed E-state index contributed by atoms with van der Waals surface area (Å²) >= 11 is 6.02. The average Bonchev–Trinajstić information content (AvgIpc) is 3.21. The van der Waals surface area contributed by atoms with Gasteiger partial charge in [0.05, 0.1) is 31.1 Å². The number of carbonyl (C=O) groups is 1. The molecule has 3 N–H and O–H groups in total. The number of anilines is 1. The summed E-state index contributed by atoms with van der Waals surface area (Å²) in [7, 11) is 0. The molecule has 1 amide bonds. The van der Waals surface area contributed by atoms with Crippen molar-refractivity contribution in [2.24, 2.45) is 0 Å². The van der Waals surface area contributed by atoms with E-state index in [9.17, 15) is 23.1 Å². The SMILES string of the molecule is O=C1c2ccc(-c3cn[nH]c3C(F)(F)F)cc2NCN1[C@H](CO)c1cccc(Cl)c1. The number of nitrogens with zero attached hydrogens (tertiary/aromatic N) is 2. The van der Waals surface area contributed by atoms with Gasteiger partial charge in [0.25, 0.3) is 5.91 Å². The smallest absolute Gasteiger partial charge is 0.394 e. The molecule has 0 aliphatic carbocycles. The lowest BCUT2D eigenvalue weighted by Gasteiger charge is -2.35. The van der Waals surface area contributed by atoms with Gasteiger partial charge in [0.15, 0.2) is 0 Å². The fourth-order valence-electron chi connectivity index (χ4n) is 3.51. The van der Waals surface area contributed by atoms with E-state index in [1.165, 1.54) is 23.1 Å². The molecule has 0 saturated carbocycles. The first-order chi connectivity index (χ1) is 14.3. The van der Waals surface area contributed by atoms with E-state index < -0.39 is 17.9 Å². The van der Waals surface area contributed by atoms with E-state index in [2.05, 4.69) is 10.4 Å². The van der Waals surface area contributed by atoms with Crippen molar-refractivity contribution in [1.29, 1.82) is 0 Å². The van der Waals surface area contributed by atoms with Crippen LogP contribution >= 0.6 is 11.6 Å². The Kier molecular flexibility index (Phi) is 5.17. The lowest BCUT2D eigenvalue weighted by molar-refractivity contribution is -0.140. The summed E-state index contributed by atoms with van der Waals surface area (Å²) in [4.78, 5) is 14.5. The van der Waals surface area contributed by atoms with Crippen LogP contribution in [0.2, 0.25) is 5.02 Å². The van der Waals surface area contributed by atoms with Gasteiger partial charge in [0, 0.05) is 16.3 Å². The Hall–Kier alpha value is -3.04. The zero-order valence-electron chi connectivity index (χ0n) is 15.4. The molecular formula is C20H16ClF3N4O2. The molecule has 1 aromatic heterocycles. The minimum Gasteiger partial charge on any atom is -0.394 e. The molecule has 0 radical (unpaired) electrons. The molecule has 2 aromatic carbocycles. The van der Waals surface area contributed by atoms with E-state index in [-0.39, 0.29) is 30.3 Å². The first kappa shape index (κ1) is 20.2. The number of halogens is 4. The third-order valence-electron chi connectivity index (χ3n) is 4.97. The minimum atomic E-state index is -4.58. The molecule has 1 atom stereocenters. The van der Waals surface area contributed by atoms with Crippen LogP contribution in [0.3, 0.4) is 0 Å². The number of fused-ring (bicyclic) bond motifs is 1. The number of hydrogen-bond acceptors (Lipinski definition) is 4. The van der Waals surface area contributed by atoms with Crippen molar-refractivity contribution < 1.29 is 23.1 Å². The number of benzene rings is 2. The topological polar surface area (TPSA) is 81.2 Å². The van der Waals surface area contributed by atoms with Crippen LogP contribution in [-0.4, -0.2) is 39.4 Å². The Morgan fingerprint density at radius 3 is 2.70 bits per heavy atom. The molecule has 3 aromatic rings. The highest BCUT2D eigenvalue weighted by Gasteiger charge is 2.36. The summed E-state index contributed by atoms with van der Waals surface area (Å²) in [5, 5.41) is 18.9. The van der Waals surface area contributed by atoms with E-state index in [1.54, 1.807) is 24.3 Å². The quantitative estimate of drug-likeness (QED) is 0.569. The molecule has 156 valence electrons. The van der Waals surface area contributed by atoms with Crippen molar-refractivity contribution in [1.82, 2.24) is 15.1 Å². The second-order valence-corrected chi connectivity index (χ2v) is 7.22. The van der Waals surface area contributed by atoms with Gasteiger partial charge in [-0.15, -0.1) is 0 Å². The zero-order chi connectivity index (χ0) is 21.5. The fraction of sp³-hybridized carbons (Fsp3) is 0.200. The summed E-state index contributed by atoms with van der Waals surface area (Å²) in [6, 6.07) is 10.6. The van der Waals surface area contributed by atoms with E-state index in [1.807, 2.05) is 5.10 Å². The van der Waals surface area contributed by atoms with Gasteiger partial charge in [-0.2, -0.15) is 18.3 Å². The van der Waals surface area contributed by atoms with Crippen LogP contribution in [0.4, 0.5) is 18.9 Å². The summed E-state index contributed by atoms with van der Waals surface area (Å²) in [6.07, 6.45) is -3.48. The highest BCUT2D eigenvalue weighted by molar-refractivity contribution is 6.30. The molecule has 1 aliphatic rings. The van der Waals surface area contributed by atoms with Gasteiger partial charge >= 0.3 is 6.18 Å². The monoisotopic (exact) mass is 436 g/mol. The summed E-state index contributed by atoms with van der Waals surface area (Å²) in [5.41, 5.74) is 0.598. The lowest BCUT2D eigenvalue weighted by Crippen LogP contribution is -2.43. The Balaban J connectivity index is 1.66. The van der Waals surface area contributed by atoms with E-state index >= 15 is 0 Å². The van der Waals surface area contributed by atoms with Gasteiger partial charge in [-0.3, -0.25) is 9.89 Å². The molecule has 1 aliphatic heterocycles. The maximum atomic E-state index is 13.2. The van der Waals surface area contributed by atoms with Crippen LogP contribution in [-0.2, 0) is 6.18 Å². The molecule has 2 heterocycles. The molecule has 0 saturated heterocycles. The first-order valence-electron chi connectivity index (χ1n) is 8.95. The number of carbonyl (C=O) groups excluding carboxylic acids is 1. The minimum absolute atomic E-state index is 0.0739. The summed E-state index contributed by atoms with van der Waals surface area (Å²) < 4.78 is 39.5. The number of H-pyrrole nitrogens is 1. The Morgan fingerprint density at radius 1 is 1.20 bits per heavy atom.